The Morgan fingerprint density at radius 1 is 1.26 bits per heavy atom. The van der Waals surface area contributed by atoms with Crippen molar-refractivity contribution in [3.8, 4) is 0 Å². The number of ether oxygens (including phenoxy) is 1. The molecule has 166 valence electrons. The predicted molar refractivity (Wildman–Crippen MR) is 103 cm³/mol. The van der Waals surface area contributed by atoms with Gasteiger partial charge >= 0.3 is 12.1 Å². The van der Waals surface area contributed by atoms with Gasteiger partial charge < -0.3 is 15.0 Å². The number of cyclic esters (lactones) is 1. The summed E-state index contributed by atoms with van der Waals surface area (Å²) in [5.41, 5.74) is -0.180. The van der Waals surface area contributed by atoms with Crippen molar-refractivity contribution in [1.82, 2.24) is 25.4 Å². The first-order valence-electron chi connectivity index (χ1n) is 9.64. The number of carbonyl (C=O) groups excluding carboxylic acids is 2. The molecule has 1 atom stereocenters. The Morgan fingerprint density at radius 3 is 2.71 bits per heavy atom. The van der Waals surface area contributed by atoms with E-state index in [1.165, 1.54) is 27.7 Å². The van der Waals surface area contributed by atoms with Crippen molar-refractivity contribution in [2.45, 2.75) is 12.6 Å². The van der Waals surface area contributed by atoms with Crippen LogP contribution in [0.4, 0.5) is 29.7 Å². The number of aromatic nitrogens is 3. The Hall–Kier alpha value is -3.48. The zero-order valence-electron chi connectivity index (χ0n) is 16.7. The summed E-state index contributed by atoms with van der Waals surface area (Å²) in [7, 11) is 1.46. The second-order valence-electron chi connectivity index (χ2n) is 6.98. The van der Waals surface area contributed by atoms with Gasteiger partial charge in [0, 0.05) is 38.5 Å². The van der Waals surface area contributed by atoms with Crippen LogP contribution in [0.25, 0.3) is 0 Å². The number of urea groups is 1. The van der Waals surface area contributed by atoms with Crippen molar-refractivity contribution >= 4 is 23.5 Å². The molecule has 4 rings (SSSR count). The summed E-state index contributed by atoms with van der Waals surface area (Å²) in [5, 5.41) is 11.0. The first-order chi connectivity index (χ1) is 15.0. The highest BCUT2D eigenvalue weighted by atomic mass is 19.1. The van der Waals surface area contributed by atoms with Crippen LogP contribution in [0.1, 0.15) is 0 Å². The highest BCUT2D eigenvalue weighted by Crippen LogP contribution is 2.31. The van der Waals surface area contributed by atoms with Gasteiger partial charge in [0.1, 0.15) is 11.8 Å². The molecule has 13 heteroatoms. The molecule has 0 radical (unpaired) electrons. The van der Waals surface area contributed by atoms with E-state index in [1.807, 2.05) is 0 Å². The maximum Gasteiger partial charge on any atom is 0.414 e. The Labute approximate surface area is 176 Å². The van der Waals surface area contributed by atoms with Gasteiger partial charge in [0.15, 0.2) is 11.6 Å². The van der Waals surface area contributed by atoms with E-state index in [9.17, 15) is 18.4 Å². The van der Waals surface area contributed by atoms with E-state index in [-0.39, 0.29) is 50.7 Å². The van der Waals surface area contributed by atoms with Gasteiger partial charge in [0.2, 0.25) is 0 Å². The summed E-state index contributed by atoms with van der Waals surface area (Å²) in [5.74, 6) is -1.65. The number of carbonyl (C=O) groups is 2. The maximum atomic E-state index is 14.9. The molecule has 0 saturated carbocycles. The van der Waals surface area contributed by atoms with Gasteiger partial charge in [-0.05, 0) is 0 Å². The van der Waals surface area contributed by atoms with Gasteiger partial charge in [-0.25, -0.2) is 28.1 Å². The van der Waals surface area contributed by atoms with Crippen LogP contribution in [-0.2, 0) is 16.1 Å². The third kappa shape index (κ3) is 4.35. The molecule has 1 aromatic heterocycles. The summed E-state index contributed by atoms with van der Waals surface area (Å²) < 4.78 is 36.6. The van der Waals surface area contributed by atoms with Crippen LogP contribution in [0.2, 0.25) is 0 Å². The molecule has 2 fully saturated rings. The van der Waals surface area contributed by atoms with Crippen LogP contribution in [0, 0.1) is 11.6 Å². The van der Waals surface area contributed by atoms with Crippen LogP contribution in [0.15, 0.2) is 24.5 Å². The molecule has 1 aromatic carbocycles. The molecule has 0 bridgehead atoms. The lowest BCUT2D eigenvalue weighted by atomic mass is 10.2. The third-order valence-corrected chi connectivity index (χ3v) is 4.99. The standard InChI is InChI=1S/C18H21F2N7O4/c1-21-17(28)27-5-4-24(6-7-30-27)16-14(19)8-12(9-15(16)20)26-11-13(31-18(26)29)10-25-3-2-22-23-25/h2-3,8-9,13H,4-7,10-11H2,1H3,(H,21,28)/t13-/m0/s1. The third-order valence-electron chi connectivity index (χ3n) is 4.99. The first-order valence-corrected chi connectivity index (χ1v) is 9.64. The minimum Gasteiger partial charge on any atom is -0.442 e. The highest BCUT2D eigenvalue weighted by molar-refractivity contribution is 5.90. The summed E-state index contributed by atoms with van der Waals surface area (Å²) in [4.78, 5) is 31.9. The van der Waals surface area contributed by atoms with E-state index < -0.39 is 29.9 Å². The lowest BCUT2D eigenvalue weighted by Crippen LogP contribution is -2.39. The Kier molecular flexibility index (Phi) is 5.84. The number of rotatable bonds is 4. The molecule has 2 saturated heterocycles. The van der Waals surface area contributed by atoms with Crippen molar-refractivity contribution in [3.63, 3.8) is 0 Å². The molecule has 0 unspecified atom stereocenters. The van der Waals surface area contributed by atoms with Gasteiger partial charge in [-0.3, -0.25) is 9.74 Å². The minimum absolute atomic E-state index is 0.0582. The number of hydrogen-bond acceptors (Lipinski definition) is 7. The van der Waals surface area contributed by atoms with Crippen LogP contribution in [-0.4, -0.2) is 78.1 Å². The predicted octanol–water partition coefficient (Wildman–Crippen LogP) is 0.975. The monoisotopic (exact) mass is 437 g/mol. The molecule has 2 aliphatic heterocycles. The van der Waals surface area contributed by atoms with Crippen LogP contribution < -0.4 is 15.1 Å². The van der Waals surface area contributed by atoms with Gasteiger partial charge in [-0.2, -0.15) is 0 Å². The van der Waals surface area contributed by atoms with Crippen LogP contribution in [0.5, 0.6) is 0 Å². The molecule has 2 aliphatic rings. The molecule has 1 N–H and O–H groups in total. The fourth-order valence-corrected chi connectivity index (χ4v) is 3.53. The van der Waals surface area contributed by atoms with Crippen molar-refractivity contribution < 1.29 is 27.9 Å². The summed E-state index contributed by atoms with van der Waals surface area (Å²) in [6.45, 7) is 0.967. The molecule has 0 spiro atoms. The van der Waals surface area contributed by atoms with Crippen LogP contribution >= 0.6 is 0 Å². The quantitative estimate of drug-likeness (QED) is 0.760. The van der Waals surface area contributed by atoms with Gasteiger partial charge in [-0.1, -0.05) is 5.21 Å². The topological polar surface area (TPSA) is 105 Å². The highest BCUT2D eigenvalue weighted by Gasteiger charge is 2.34. The first kappa shape index (κ1) is 20.8. The number of amides is 3. The number of nitrogens with zero attached hydrogens (tertiary/aromatic N) is 6. The van der Waals surface area contributed by atoms with E-state index in [1.54, 1.807) is 6.20 Å². The maximum absolute atomic E-state index is 14.9. The van der Waals surface area contributed by atoms with Gasteiger partial charge in [0.25, 0.3) is 0 Å². The fourth-order valence-electron chi connectivity index (χ4n) is 3.53. The van der Waals surface area contributed by atoms with E-state index in [4.69, 9.17) is 9.57 Å². The molecule has 31 heavy (non-hydrogen) atoms. The average Bonchev–Trinajstić information content (AvgIpc) is 3.31. The minimum atomic E-state index is -0.823. The Bertz CT molecular complexity index is 935. The fraction of sp³-hybridized carbons (Fsp3) is 0.444. The number of hydroxylamine groups is 2. The lowest BCUT2D eigenvalue weighted by molar-refractivity contribution is -0.104. The Balaban J connectivity index is 1.48. The average molecular weight is 437 g/mol. The van der Waals surface area contributed by atoms with Crippen molar-refractivity contribution in [1.29, 1.82) is 0 Å². The number of hydrogen-bond donors (Lipinski definition) is 1. The SMILES string of the molecule is CNC(=O)N1CCN(c2c(F)cc(N3C[C@H](Cn4ccnn4)OC3=O)cc2F)CCO1. The Morgan fingerprint density at radius 2 is 2.03 bits per heavy atom. The smallest absolute Gasteiger partial charge is 0.414 e. The van der Waals surface area contributed by atoms with E-state index in [0.717, 1.165) is 17.2 Å². The van der Waals surface area contributed by atoms with E-state index >= 15 is 0 Å². The molecular weight excluding hydrogens is 416 g/mol. The lowest BCUT2D eigenvalue weighted by Gasteiger charge is -2.24. The summed E-state index contributed by atoms with van der Waals surface area (Å²) in [6.07, 6.45) is 1.90. The van der Waals surface area contributed by atoms with E-state index in [0.29, 0.717) is 0 Å². The number of halogens is 2. The van der Waals surface area contributed by atoms with Crippen molar-refractivity contribution in [2.75, 3.05) is 49.6 Å². The largest absolute Gasteiger partial charge is 0.442 e. The summed E-state index contributed by atoms with van der Waals surface area (Å²) in [6, 6.07) is 1.76. The zero-order chi connectivity index (χ0) is 22.0. The van der Waals surface area contributed by atoms with Crippen molar-refractivity contribution in [2.24, 2.45) is 0 Å². The molecule has 3 amide bonds. The second kappa shape index (κ2) is 8.71. The molecule has 2 aromatic rings. The molecule has 3 heterocycles. The normalized spacial score (nSPS) is 19.4. The van der Waals surface area contributed by atoms with E-state index in [2.05, 4.69) is 15.6 Å². The summed E-state index contributed by atoms with van der Waals surface area (Å²) >= 11 is 0. The second-order valence-corrected chi connectivity index (χ2v) is 6.98. The van der Waals surface area contributed by atoms with Crippen molar-refractivity contribution in [3.05, 3.63) is 36.2 Å². The van der Waals surface area contributed by atoms with Crippen LogP contribution in [0.3, 0.4) is 0 Å². The number of anilines is 2. The zero-order valence-corrected chi connectivity index (χ0v) is 16.7. The molecule has 0 aliphatic carbocycles. The van der Waals surface area contributed by atoms with Gasteiger partial charge in [-0.15, -0.1) is 5.10 Å². The van der Waals surface area contributed by atoms with Gasteiger partial charge in [0.05, 0.1) is 38.1 Å². The number of benzene rings is 1. The number of nitrogens with one attached hydrogen (secondary N) is 1. The molecule has 11 nitrogen and oxygen atoms in total. The molecular formula is C18H21F2N7O4.